The lowest BCUT2D eigenvalue weighted by atomic mass is 10.0. The van der Waals surface area contributed by atoms with Crippen LogP contribution >= 0.6 is 0 Å². The van der Waals surface area contributed by atoms with E-state index in [2.05, 4.69) is 55.0 Å². The maximum Gasteiger partial charge on any atom is 0.142 e. The zero-order valence-electron chi connectivity index (χ0n) is 12.3. The van der Waals surface area contributed by atoms with Crippen LogP contribution in [0, 0.1) is 0 Å². The molecule has 0 N–H and O–H groups in total. The van der Waals surface area contributed by atoms with Crippen molar-refractivity contribution in [3.8, 4) is 17.0 Å². The monoisotopic (exact) mass is 268 g/mol. The second kappa shape index (κ2) is 5.16. The number of pyridine rings is 1. The molecule has 104 valence electrons. The largest absolute Gasteiger partial charge is 0.490 e. The number of rotatable bonds is 2. The van der Waals surface area contributed by atoms with Crippen LogP contribution in [-0.4, -0.2) is 25.2 Å². The number of nitrogens with zero attached hydrogens (tertiary/aromatic N) is 2. The van der Waals surface area contributed by atoms with E-state index in [0.717, 1.165) is 35.8 Å². The van der Waals surface area contributed by atoms with Crippen LogP contribution < -0.4 is 9.64 Å². The Morgan fingerprint density at radius 2 is 2.05 bits per heavy atom. The number of hydrogen-bond donors (Lipinski definition) is 0. The number of likely N-dealkylation sites (N-methyl/N-ethyl adjacent to an activating group) is 1. The predicted molar refractivity (Wildman–Crippen MR) is 82.5 cm³/mol. The van der Waals surface area contributed by atoms with Crippen LogP contribution in [0.4, 0.5) is 5.69 Å². The number of fused-ring (bicyclic) bond motifs is 1. The van der Waals surface area contributed by atoms with Gasteiger partial charge in [0.2, 0.25) is 0 Å². The number of hydrogen-bond acceptors (Lipinski definition) is 3. The molecule has 3 nitrogen and oxygen atoms in total. The molecular formula is C17H20N2O. The Morgan fingerprint density at radius 3 is 2.85 bits per heavy atom. The molecule has 0 bridgehead atoms. The molecule has 1 aromatic carbocycles. The van der Waals surface area contributed by atoms with Crippen LogP contribution in [0.1, 0.15) is 25.3 Å². The van der Waals surface area contributed by atoms with E-state index in [4.69, 9.17) is 4.74 Å². The van der Waals surface area contributed by atoms with Crippen LogP contribution in [-0.2, 0) is 0 Å². The summed E-state index contributed by atoms with van der Waals surface area (Å²) >= 11 is 0. The third-order valence-electron chi connectivity index (χ3n) is 3.80. The molecule has 1 aliphatic heterocycles. The van der Waals surface area contributed by atoms with Gasteiger partial charge in [-0.25, -0.2) is 0 Å². The summed E-state index contributed by atoms with van der Waals surface area (Å²) in [6, 6.07) is 10.6. The van der Waals surface area contributed by atoms with Gasteiger partial charge >= 0.3 is 0 Å². The predicted octanol–water partition coefficient (Wildman–Crippen LogP) is 3.70. The zero-order valence-corrected chi connectivity index (χ0v) is 12.3. The van der Waals surface area contributed by atoms with Gasteiger partial charge in [0.25, 0.3) is 0 Å². The SMILES string of the molecule is CC(C)c1ccnc(-c2ccc3c(c2)N(C)CCO3)c1. The van der Waals surface area contributed by atoms with Crippen LogP contribution in [0.15, 0.2) is 36.5 Å². The van der Waals surface area contributed by atoms with Crippen molar-refractivity contribution in [2.45, 2.75) is 19.8 Å². The van der Waals surface area contributed by atoms with E-state index in [9.17, 15) is 0 Å². The minimum absolute atomic E-state index is 0.514. The fraction of sp³-hybridized carbons (Fsp3) is 0.353. The average molecular weight is 268 g/mol. The van der Waals surface area contributed by atoms with E-state index >= 15 is 0 Å². The Bertz CT molecular complexity index is 622. The lowest BCUT2D eigenvalue weighted by molar-refractivity contribution is 0.311. The molecule has 2 heterocycles. The smallest absolute Gasteiger partial charge is 0.142 e. The number of anilines is 1. The highest BCUT2D eigenvalue weighted by Gasteiger charge is 2.16. The molecule has 1 aromatic heterocycles. The molecule has 3 rings (SSSR count). The van der Waals surface area contributed by atoms with Gasteiger partial charge in [-0.1, -0.05) is 13.8 Å². The van der Waals surface area contributed by atoms with Gasteiger partial charge in [0.15, 0.2) is 0 Å². The summed E-state index contributed by atoms with van der Waals surface area (Å²) in [5, 5.41) is 0. The molecule has 0 fully saturated rings. The molecule has 0 aliphatic carbocycles. The average Bonchev–Trinajstić information content (AvgIpc) is 2.47. The fourth-order valence-electron chi connectivity index (χ4n) is 2.47. The Kier molecular flexibility index (Phi) is 3.35. The summed E-state index contributed by atoms with van der Waals surface area (Å²) in [6.45, 7) is 6.08. The lowest BCUT2D eigenvalue weighted by Crippen LogP contribution is -2.28. The summed E-state index contributed by atoms with van der Waals surface area (Å²) in [5.41, 5.74) is 4.63. The molecule has 0 saturated carbocycles. The summed E-state index contributed by atoms with van der Waals surface area (Å²) in [4.78, 5) is 6.74. The molecule has 20 heavy (non-hydrogen) atoms. The summed E-state index contributed by atoms with van der Waals surface area (Å²) in [6.07, 6.45) is 1.89. The van der Waals surface area contributed by atoms with Crippen molar-refractivity contribution in [1.82, 2.24) is 4.98 Å². The van der Waals surface area contributed by atoms with Crippen molar-refractivity contribution in [1.29, 1.82) is 0 Å². The highest BCUT2D eigenvalue weighted by atomic mass is 16.5. The molecule has 0 spiro atoms. The van der Waals surface area contributed by atoms with Gasteiger partial charge < -0.3 is 9.64 Å². The lowest BCUT2D eigenvalue weighted by Gasteiger charge is -2.28. The minimum atomic E-state index is 0.514. The first-order valence-electron chi connectivity index (χ1n) is 7.09. The molecule has 0 saturated heterocycles. The van der Waals surface area contributed by atoms with E-state index in [-0.39, 0.29) is 0 Å². The topological polar surface area (TPSA) is 25.4 Å². The van der Waals surface area contributed by atoms with Gasteiger partial charge in [-0.15, -0.1) is 0 Å². The van der Waals surface area contributed by atoms with E-state index in [1.165, 1.54) is 5.56 Å². The Morgan fingerprint density at radius 1 is 1.20 bits per heavy atom. The summed E-state index contributed by atoms with van der Waals surface area (Å²) in [5.74, 6) is 1.47. The molecule has 3 heteroatoms. The van der Waals surface area contributed by atoms with Crippen molar-refractivity contribution in [2.24, 2.45) is 0 Å². The number of aromatic nitrogens is 1. The van der Waals surface area contributed by atoms with Crippen molar-refractivity contribution >= 4 is 5.69 Å². The molecule has 2 aromatic rings. The Hall–Kier alpha value is -2.03. The first kappa shape index (κ1) is 13.0. The molecule has 0 amide bonds. The van der Waals surface area contributed by atoms with Crippen molar-refractivity contribution in [3.63, 3.8) is 0 Å². The van der Waals surface area contributed by atoms with Crippen LogP contribution in [0.5, 0.6) is 5.75 Å². The maximum absolute atomic E-state index is 5.68. The first-order valence-corrected chi connectivity index (χ1v) is 7.09. The zero-order chi connectivity index (χ0) is 14.1. The molecule has 0 radical (unpaired) electrons. The van der Waals surface area contributed by atoms with Gasteiger partial charge in [0.1, 0.15) is 12.4 Å². The minimum Gasteiger partial charge on any atom is -0.490 e. The highest BCUT2D eigenvalue weighted by molar-refractivity contribution is 5.71. The van der Waals surface area contributed by atoms with E-state index < -0.39 is 0 Å². The van der Waals surface area contributed by atoms with Crippen molar-refractivity contribution < 1.29 is 4.74 Å². The van der Waals surface area contributed by atoms with Gasteiger partial charge in [0.05, 0.1) is 17.9 Å². The first-order chi connectivity index (χ1) is 9.65. The fourth-order valence-corrected chi connectivity index (χ4v) is 2.47. The van der Waals surface area contributed by atoms with Gasteiger partial charge in [-0.2, -0.15) is 0 Å². The quantitative estimate of drug-likeness (QED) is 0.830. The van der Waals surface area contributed by atoms with Gasteiger partial charge in [-0.3, -0.25) is 4.98 Å². The van der Waals surface area contributed by atoms with Gasteiger partial charge in [-0.05, 0) is 41.8 Å². The second-order valence-electron chi connectivity index (χ2n) is 5.58. The third-order valence-corrected chi connectivity index (χ3v) is 3.80. The molecule has 0 atom stereocenters. The highest BCUT2D eigenvalue weighted by Crippen LogP contribution is 2.34. The second-order valence-corrected chi connectivity index (χ2v) is 5.58. The molecule has 0 unspecified atom stereocenters. The number of benzene rings is 1. The standard InChI is InChI=1S/C17H20N2O/c1-12(2)13-6-7-18-15(10-13)14-4-5-17-16(11-14)19(3)8-9-20-17/h4-7,10-12H,8-9H2,1-3H3. The summed E-state index contributed by atoms with van der Waals surface area (Å²) < 4.78 is 5.68. The van der Waals surface area contributed by atoms with Crippen molar-refractivity contribution in [2.75, 3.05) is 25.1 Å². The van der Waals surface area contributed by atoms with E-state index in [1.54, 1.807) is 0 Å². The van der Waals surface area contributed by atoms with Crippen molar-refractivity contribution in [3.05, 3.63) is 42.1 Å². The molecule has 1 aliphatic rings. The van der Waals surface area contributed by atoms with Crippen LogP contribution in [0.3, 0.4) is 0 Å². The Labute approximate surface area is 120 Å². The summed E-state index contributed by atoms with van der Waals surface area (Å²) in [7, 11) is 2.10. The van der Waals surface area contributed by atoms with Crippen LogP contribution in [0.25, 0.3) is 11.3 Å². The normalized spacial score (nSPS) is 14.1. The maximum atomic E-state index is 5.68. The molecular weight excluding hydrogens is 248 g/mol. The van der Waals surface area contributed by atoms with Crippen LogP contribution in [0.2, 0.25) is 0 Å². The van der Waals surface area contributed by atoms with E-state index in [1.807, 2.05) is 12.3 Å². The van der Waals surface area contributed by atoms with Gasteiger partial charge in [0, 0.05) is 18.8 Å². The third kappa shape index (κ3) is 2.36. The Balaban J connectivity index is 2.02. The number of ether oxygens (including phenoxy) is 1. The van der Waals surface area contributed by atoms with E-state index in [0.29, 0.717) is 5.92 Å².